The summed E-state index contributed by atoms with van der Waals surface area (Å²) in [6, 6.07) is 6.11. The summed E-state index contributed by atoms with van der Waals surface area (Å²) in [5, 5.41) is 3.48. The molecule has 1 saturated carbocycles. The van der Waals surface area contributed by atoms with Crippen LogP contribution in [0.1, 0.15) is 45.1 Å². The Hall–Kier alpha value is -1.22. The number of benzene rings is 1. The van der Waals surface area contributed by atoms with Crippen molar-refractivity contribution in [3.8, 4) is 11.5 Å². The second-order valence-electron chi connectivity index (χ2n) is 6.02. The van der Waals surface area contributed by atoms with Crippen molar-refractivity contribution in [3.05, 3.63) is 23.8 Å². The van der Waals surface area contributed by atoms with Crippen LogP contribution in [0.15, 0.2) is 18.2 Å². The van der Waals surface area contributed by atoms with E-state index in [2.05, 4.69) is 25.2 Å². The van der Waals surface area contributed by atoms with E-state index in [0.29, 0.717) is 12.0 Å². The van der Waals surface area contributed by atoms with Gasteiger partial charge in [-0.2, -0.15) is 0 Å². The first-order chi connectivity index (χ1) is 9.69. The van der Waals surface area contributed by atoms with E-state index in [9.17, 15) is 0 Å². The van der Waals surface area contributed by atoms with Crippen LogP contribution in [0, 0.1) is 5.92 Å². The van der Waals surface area contributed by atoms with Gasteiger partial charge in [-0.1, -0.05) is 13.8 Å². The molecule has 0 amide bonds. The summed E-state index contributed by atoms with van der Waals surface area (Å²) in [7, 11) is 1.71. The maximum Gasteiger partial charge on any atom is 0.124 e. The summed E-state index contributed by atoms with van der Waals surface area (Å²) in [5.41, 5.74) is 1.19. The number of hydrogen-bond donors (Lipinski definition) is 1. The van der Waals surface area contributed by atoms with E-state index < -0.39 is 0 Å². The lowest BCUT2D eigenvalue weighted by Gasteiger charge is -2.18. The average molecular weight is 277 g/mol. The number of nitrogens with one attached hydrogen (secondary N) is 1. The van der Waals surface area contributed by atoms with Crippen LogP contribution >= 0.6 is 0 Å². The number of methoxy groups -OCH3 is 1. The molecule has 1 aliphatic rings. The van der Waals surface area contributed by atoms with Gasteiger partial charge in [-0.05, 0) is 56.3 Å². The van der Waals surface area contributed by atoms with E-state index in [1.54, 1.807) is 7.11 Å². The van der Waals surface area contributed by atoms with Gasteiger partial charge in [0.2, 0.25) is 0 Å². The molecule has 1 aromatic carbocycles. The van der Waals surface area contributed by atoms with Gasteiger partial charge in [-0.25, -0.2) is 0 Å². The predicted octanol–water partition coefficient (Wildman–Crippen LogP) is 3.76. The molecule has 20 heavy (non-hydrogen) atoms. The normalized spacial score (nSPS) is 15.8. The summed E-state index contributed by atoms with van der Waals surface area (Å²) in [5.74, 6) is 2.55. The fourth-order valence-corrected chi connectivity index (χ4v) is 2.62. The zero-order valence-electron chi connectivity index (χ0n) is 12.9. The van der Waals surface area contributed by atoms with Crippen molar-refractivity contribution in [2.24, 2.45) is 5.92 Å². The Morgan fingerprint density at radius 3 is 2.65 bits per heavy atom. The molecule has 0 aromatic heterocycles. The van der Waals surface area contributed by atoms with Crippen LogP contribution in [0.2, 0.25) is 0 Å². The van der Waals surface area contributed by atoms with Gasteiger partial charge in [0.05, 0.1) is 13.2 Å². The topological polar surface area (TPSA) is 30.5 Å². The molecule has 1 aliphatic carbocycles. The smallest absolute Gasteiger partial charge is 0.124 e. The lowest BCUT2D eigenvalue weighted by Crippen LogP contribution is -2.20. The minimum Gasteiger partial charge on any atom is -0.497 e. The van der Waals surface area contributed by atoms with Crippen molar-refractivity contribution in [3.63, 3.8) is 0 Å². The Morgan fingerprint density at radius 1 is 1.25 bits per heavy atom. The maximum atomic E-state index is 6.17. The molecule has 1 N–H and O–H groups in total. The molecule has 0 saturated heterocycles. The van der Waals surface area contributed by atoms with Crippen LogP contribution in [0.25, 0.3) is 0 Å². The van der Waals surface area contributed by atoms with Crippen molar-refractivity contribution in [1.29, 1.82) is 0 Å². The molecule has 2 rings (SSSR count). The van der Waals surface area contributed by atoms with Gasteiger partial charge < -0.3 is 14.8 Å². The van der Waals surface area contributed by atoms with Crippen molar-refractivity contribution < 1.29 is 9.47 Å². The van der Waals surface area contributed by atoms with Gasteiger partial charge in [-0.15, -0.1) is 0 Å². The first-order valence-electron chi connectivity index (χ1n) is 7.73. The molecule has 0 spiro atoms. The molecule has 0 radical (unpaired) electrons. The third kappa shape index (κ3) is 4.41. The molecule has 3 nitrogen and oxygen atoms in total. The van der Waals surface area contributed by atoms with Gasteiger partial charge in [0, 0.05) is 12.1 Å². The number of rotatable bonds is 7. The van der Waals surface area contributed by atoms with Crippen molar-refractivity contribution >= 4 is 0 Å². The minimum absolute atomic E-state index is 0.396. The zero-order chi connectivity index (χ0) is 14.4. The molecule has 1 aromatic rings. The van der Waals surface area contributed by atoms with E-state index in [1.807, 2.05) is 12.1 Å². The van der Waals surface area contributed by atoms with Gasteiger partial charge >= 0.3 is 0 Å². The van der Waals surface area contributed by atoms with Gasteiger partial charge in [-0.3, -0.25) is 0 Å². The average Bonchev–Trinajstić information content (AvgIpc) is 2.93. The third-order valence-electron chi connectivity index (χ3n) is 3.73. The summed E-state index contributed by atoms with van der Waals surface area (Å²) in [4.78, 5) is 0. The van der Waals surface area contributed by atoms with E-state index in [-0.39, 0.29) is 0 Å². The quantitative estimate of drug-likeness (QED) is 0.823. The Bertz CT molecular complexity index is 411. The molecule has 3 heteroatoms. The molecule has 0 atom stereocenters. The summed E-state index contributed by atoms with van der Waals surface area (Å²) < 4.78 is 11.5. The van der Waals surface area contributed by atoms with Crippen LogP contribution in [0.4, 0.5) is 0 Å². The fourth-order valence-electron chi connectivity index (χ4n) is 2.62. The Balaban J connectivity index is 2.03. The van der Waals surface area contributed by atoms with E-state index in [0.717, 1.165) is 24.6 Å². The van der Waals surface area contributed by atoms with Crippen molar-refractivity contribution in [2.75, 3.05) is 13.7 Å². The molecule has 0 aliphatic heterocycles. The molecule has 112 valence electrons. The van der Waals surface area contributed by atoms with Crippen molar-refractivity contribution in [2.45, 2.75) is 52.2 Å². The van der Waals surface area contributed by atoms with Gasteiger partial charge in [0.1, 0.15) is 11.5 Å². The van der Waals surface area contributed by atoms with Gasteiger partial charge in [0.25, 0.3) is 0 Å². The lowest BCUT2D eigenvalue weighted by atomic mass is 10.1. The van der Waals surface area contributed by atoms with E-state index in [4.69, 9.17) is 9.47 Å². The Morgan fingerprint density at radius 2 is 2.00 bits per heavy atom. The highest BCUT2D eigenvalue weighted by molar-refractivity contribution is 5.40. The minimum atomic E-state index is 0.396. The number of ether oxygens (including phenoxy) is 2. The first-order valence-corrected chi connectivity index (χ1v) is 7.73. The van der Waals surface area contributed by atoms with Crippen LogP contribution in [-0.2, 0) is 6.54 Å². The predicted molar refractivity (Wildman–Crippen MR) is 82.4 cm³/mol. The Labute approximate surface area is 122 Å². The second-order valence-corrected chi connectivity index (χ2v) is 6.02. The highest BCUT2D eigenvalue weighted by Crippen LogP contribution is 2.29. The van der Waals surface area contributed by atoms with Crippen LogP contribution in [0.5, 0.6) is 11.5 Å². The molecule has 1 fully saturated rings. The Kier molecular flexibility index (Phi) is 5.72. The van der Waals surface area contributed by atoms with Crippen molar-refractivity contribution in [1.82, 2.24) is 5.32 Å². The lowest BCUT2D eigenvalue weighted by molar-refractivity contribution is 0.207. The summed E-state index contributed by atoms with van der Waals surface area (Å²) in [6.45, 7) is 6.28. The van der Waals surface area contributed by atoms with Crippen LogP contribution in [0.3, 0.4) is 0 Å². The van der Waals surface area contributed by atoms with Gasteiger partial charge in [0.15, 0.2) is 0 Å². The molecule has 0 heterocycles. The standard InChI is InChI=1S/C17H27NO2/c1-13(2)11-18-12-14-10-16(19-3)8-9-17(14)20-15-6-4-5-7-15/h8-10,13,15,18H,4-7,11-12H2,1-3H3. The highest BCUT2D eigenvalue weighted by Gasteiger charge is 2.18. The second kappa shape index (κ2) is 7.53. The summed E-state index contributed by atoms with van der Waals surface area (Å²) >= 11 is 0. The molecule has 0 bridgehead atoms. The highest BCUT2D eigenvalue weighted by atomic mass is 16.5. The third-order valence-corrected chi connectivity index (χ3v) is 3.73. The zero-order valence-corrected chi connectivity index (χ0v) is 12.9. The van der Waals surface area contributed by atoms with E-state index in [1.165, 1.54) is 31.2 Å². The van der Waals surface area contributed by atoms with Crippen LogP contribution < -0.4 is 14.8 Å². The monoisotopic (exact) mass is 277 g/mol. The maximum absolute atomic E-state index is 6.17. The SMILES string of the molecule is COc1ccc(OC2CCCC2)c(CNCC(C)C)c1. The largest absolute Gasteiger partial charge is 0.497 e. The summed E-state index contributed by atoms with van der Waals surface area (Å²) in [6.07, 6.45) is 5.35. The first kappa shape index (κ1) is 15.2. The molecular formula is C17H27NO2. The number of hydrogen-bond acceptors (Lipinski definition) is 3. The molecular weight excluding hydrogens is 250 g/mol. The fraction of sp³-hybridized carbons (Fsp3) is 0.647. The van der Waals surface area contributed by atoms with E-state index >= 15 is 0 Å². The molecule has 0 unspecified atom stereocenters. The van der Waals surface area contributed by atoms with Crippen LogP contribution in [-0.4, -0.2) is 19.8 Å².